The van der Waals surface area contributed by atoms with Gasteiger partial charge in [-0.3, -0.25) is 9.59 Å². The number of rotatable bonds is 10. The summed E-state index contributed by atoms with van der Waals surface area (Å²) in [6.45, 7) is 15.6. The van der Waals surface area contributed by atoms with Gasteiger partial charge in [0.05, 0.1) is 0 Å². The molecule has 0 saturated heterocycles. The van der Waals surface area contributed by atoms with Crippen LogP contribution in [0.25, 0.3) is 0 Å². The van der Waals surface area contributed by atoms with Crippen LogP contribution in [0, 0.1) is 19.8 Å². The predicted octanol–water partition coefficient (Wildman–Crippen LogP) is 5.45. The third kappa shape index (κ3) is 8.34. The lowest BCUT2D eigenvalue weighted by Gasteiger charge is -2.36. The topological polar surface area (TPSA) is 87.7 Å². The lowest BCUT2D eigenvalue weighted by Crippen LogP contribution is -2.55. The van der Waals surface area contributed by atoms with Gasteiger partial charge in [-0.2, -0.15) is 0 Å². The van der Waals surface area contributed by atoms with E-state index < -0.39 is 23.8 Å². The van der Waals surface area contributed by atoms with Crippen molar-refractivity contribution >= 4 is 17.9 Å². The molecule has 37 heavy (non-hydrogen) atoms. The van der Waals surface area contributed by atoms with E-state index >= 15 is 0 Å². The minimum atomic E-state index is -0.852. The van der Waals surface area contributed by atoms with E-state index in [2.05, 4.69) is 10.6 Å². The van der Waals surface area contributed by atoms with Gasteiger partial charge >= 0.3 is 6.09 Å². The lowest BCUT2D eigenvalue weighted by atomic mass is 9.92. The average Bonchev–Trinajstić information content (AvgIpc) is 2.84. The monoisotopic (exact) mass is 509 g/mol. The number of carbonyl (C=O) groups is 3. The van der Waals surface area contributed by atoms with Crippen molar-refractivity contribution in [2.24, 2.45) is 5.92 Å². The molecule has 3 unspecified atom stereocenters. The van der Waals surface area contributed by atoms with Gasteiger partial charge in [-0.05, 0) is 69.7 Å². The minimum Gasteiger partial charge on any atom is -0.444 e. The fourth-order valence-corrected chi connectivity index (χ4v) is 4.33. The van der Waals surface area contributed by atoms with Crippen molar-refractivity contribution in [3.63, 3.8) is 0 Å². The van der Waals surface area contributed by atoms with Crippen molar-refractivity contribution in [1.29, 1.82) is 0 Å². The number of amides is 3. The van der Waals surface area contributed by atoms with Crippen LogP contribution in [0.3, 0.4) is 0 Å². The van der Waals surface area contributed by atoms with Crippen LogP contribution in [0.1, 0.15) is 76.3 Å². The summed E-state index contributed by atoms with van der Waals surface area (Å²) < 4.78 is 5.44. The third-order valence-electron chi connectivity index (χ3n) is 6.46. The predicted molar refractivity (Wildman–Crippen MR) is 147 cm³/mol. The second-order valence-electron chi connectivity index (χ2n) is 10.5. The van der Waals surface area contributed by atoms with E-state index in [4.69, 9.17) is 4.74 Å². The number of benzene rings is 2. The molecule has 0 heterocycles. The molecule has 0 bridgehead atoms. The molecule has 0 aliphatic heterocycles. The highest BCUT2D eigenvalue weighted by molar-refractivity contribution is 5.92. The summed E-state index contributed by atoms with van der Waals surface area (Å²) >= 11 is 0. The van der Waals surface area contributed by atoms with Crippen molar-refractivity contribution in [2.75, 3.05) is 6.54 Å². The number of ether oxygens (including phenoxy) is 1. The maximum Gasteiger partial charge on any atom is 0.408 e. The van der Waals surface area contributed by atoms with Crippen molar-refractivity contribution < 1.29 is 19.1 Å². The van der Waals surface area contributed by atoms with Gasteiger partial charge in [-0.1, -0.05) is 68.8 Å². The molecule has 0 aromatic heterocycles. The highest BCUT2D eigenvalue weighted by Gasteiger charge is 2.38. The van der Waals surface area contributed by atoms with E-state index in [1.165, 1.54) is 0 Å². The number of nitrogens with zero attached hydrogens (tertiary/aromatic N) is 1. The van der Waals surface area contributed by atoms with Crippen molar-refractivity contribution in [3.8, 4) is 0 Å². The maximum absolute atomic E-state index is 14.1. The first-order valence-corrected chi connectivity index (χ1v) is 13.1. The first-order valence-electron chi connectivity index (χ1n) is 13.1. The third-order valence-corrected chi connectivity index (χ3v) is 6.46. The van der Waals surface area contributed by atoms with Gasteiger partial charge in [-0.15, -0.1) is 0 Å². The van der Waals surface area contributed by atoms with Gasteiger partial charge in [0.2, 0.25) is 11.8 Å². The first kappa shape index (κ1) is 29.9. The summed E-state index contributed by atoms with van der Waals surface area (Å²) in [5.41, 5.74) is 2.91. The van der Waals surface area contributed by atoms with Crippen LogP contribution in [-0.2, 0) is 20.9 Å². The van der Waals surface area contributed by atoms with E-state index in [-0.39, 0.29) is 17.7 Å². The normalized spacial score (nSPS) is 13.7. The summed E-state index contributed by atoms with van der Waals surface area (Å²) in [6.07, 6.45) is 0.0113. The Morgan fingerprint density at radius 2 is 1.54 bits per heavy atom. The molecule has 202 valence electrons. The Morgan fingerprint density at radius 3 is 2.05 bits per heavy atom. The summed E-state index contributed by atoms with van der Waals surface area (Å²) in [5.74, 6) is -0.748. The molecule has 3 atom stereocenters. The first-order chi connectivity index (χ1) is 17.4. The van der Waals surface area contributed by atoms with Crippen LogP contribution in [0.4, 0.5) is 4.79 Å². The molecule has 0 saturated carbocycles. The van der Waals surface area contributed by atoms with Crippen LogP contribution in [-0.4, -0.2) is 41.0 Å². The second kappa shape index (κ2) is 13.3. The molecule has 2 aromatic carbocycles. The number of alkyl carbamates (subject to hydrolysis) is 1. The van der Waals surface area contributed by atoms with Crippen LogP contribution in [0.5, 0.6) is 0 Å². The molecule has 7 heteroatoms. The fraction of sp³-hybridized carbons (Fsp3) is 0.500. The molecule has 2 rings (SSSR count). The van der Waals surface area contributed by atoms with Gasteiger partial charge in [0.25, 0.3) is 0 Å². The smallest absolute Gasteiger partial charge is 0.408 e. The van der Waals surface area contributed by atoms with E-state index in [0.717, 1.165) is 22.3 Å². The zero-order valence-corrected chi connectivity index (χ0v) is 23.6. The van der Waals surface area contributed by atoms with Gasteiger partial charge in [0, 0.05) is 13.1 Å². The summed E-state index contributed by atoms with van der Waals surface area (Å²) in [7, 11) is 0. The highest BCUT2D eigenvalue weighted by Crippen LogP contribution is 2.29. The Morgan fingerprint density at radius 1 is 0.946 bits per heavy atom. The van der Waals surface area contributed by atoms with Gasteiger partial charge in [0.15, 0.2) is 0 Å². The highest BCUT2D eigenvalue weighted by atomic mass is 16.6. The standard InChI is InChI=1S/C30H43N3O4/c1-9-20(3)25(32-29(36)37-30(6,7)8)28(35)33(10-2)26(24-21(4)15-14-16-22(24)5)27(34)31-19-23-17-12-11-13-18-23/h11-18,20,25-26H,9-10,19H2,1-8H3,(H,31,34)(H,32,36). The zero-order chi connectivity index (χ0) is 27.8. The Hall–Kier alpha value is -3.35. The van der Waals surface area contributed by atoms with Crippen LogP contribution in [0.2, 0.25) is 0 Å². The van der Waals surface area contributed by atoms with Gasteiger partial charge in [0.1, 0.15) is 17.7 Å². The SMILES string of the molecule is CCC(C)C(NC(=O)OC(C)(C)C)C(=O)N(CC)C(C(=O)NCc1ccccc1)c1c(C)cccc1C. The lowest BCUT2D eigenvalue weighted by molar-refractivity contribution is -0.143. The molecule has 0 fully saturated rings. The van der Waals surface area contributed by atoms with Crippen LogP contribution in [0.15, 0.2) is 48.5 Å². The minimum absolute atomic E-state index is 0.167. The average molecular weight is 510 g/mol. The Balaban J connectivity index is 2.47. The summed E-state index contributed by atoms with van der Waals surface area (Å²) in [6, 6.07) is 13.8. The number of hydrogen-bond donors (Lipinski definition) is 2. The summed E-state index contributed by atoms with van der Waals surface area (Å²) in [4.78, 5) is 42.1. The molecule has 0 aliphatic carbocycles. The molecule has 3 amide bonds. The molecular weight excluding hydrogens is 466 g/mol. The van der Waals surface area contributed by atoms with Crippen LogP contribution < -0.4 is 10.6 Å². The molecular formula is C30H43N3O4. The zero-order valence-electron chi connectivity index (χ0n) is 23.6. The number of aryl methyl sites for hydroxylation is 2. The Bertz CT molecular complexity index is 1040. The number of nitrogens with one attached hydrogen (secondary N) is 2. The molecule has 0 aliphatic rings. The largest absolute Gasteiger partial charge is 0.444 e. The van der Waals surface area contributed by atoms with Crippen molar-refractivity contribution in [2.45, 2.75) is 86.0 Å². The Labute approximate surface area is 222 Å². The quantitative estimate of drug-likeness (QED) is 0.446. The molecule has 0 radical (unpaired) electrons. The number of hydrogen-bond acceptors (Lipinski definition) is 4. The molecule has 0 spiro atoms. The van der Waals surface area contributed by atoms with E-state index in [9.17, 15) is 14.4 Å². The van der Waals surface area contributed by atoms with E-state index in [1.54, 1.807) is 25.7 Å². The van der Waals surface area contributed by atoms with Gasteiger partial charge in [-0.25, -0.2) is 4.79 Å². The van der Waals surface area contributed by atoms with E-state index in [0.29, 0.717) is 19.5 Å². The Kier molecular flexibility index (Phi) is 10.7. The maximum atomic E-state index is 14.1. The number of carbonyl (C=O) groups excluding carboxylic acids is 3. The summed E-state index contributed by atoms with van der Waals surface area (Å²) in [5, 5.41) is 5.82. The molecule has 2 N–H and O–H groups in total. The number of likely N-dealkylation sites (N-methyl/N-ethyl adjacent to an activating group) is 1. The molecule has 7 nitrogen and oxygen atoms in total. The van der Waals surface area contributed by atoms with Crippen LogP contribution >= 0.6 is 0 Å². The fourth-order valence-electron chi connectivity index (χ4n) is 4.33. The molecule has 2 aromatic rings. The van der Waals surface area contributed by atoms with Crippen molar-refractivity contribution in [1.82, 2.24) is 15.5 Å². The second-order valence-corrected chi connectivity index (χ2v) is 10.5. The van der Waals surface area contributed by atoms with E-state index in [1.807, 2.05) is 83.1 Å². The van der Waals surface area contributed by atoms with Gasteiger partial charge < -0.3 is 20.3 Å². The van der Waals surface area contributed by atoms with Crippen molar-refractivity contribution in [3.05, 3.63) is 70.8 Å².